The summed E-state index contributed by atoms with van der Waals surface area (Å²) in [6, 6.07) is 0. The van der Waals surface area contributed by atoms with Crippen LogP contribution in [0.2, 0.25) is 0 Å². The standard InChI is InChI=1S/C11H24N.F6P/c1-3-4-5-6-9-12(2)10-7-8-11-12;1-7(2,3,4,5)6/h3-11H2,1-2H3;/q+1;-1. The van der Waals surface area contributed by atoms with E-state index in [9.17, 15) is 25.2 Å². The molecule has 0 radical (unpaired) electrons. The van der Waals surface area contributed by atoms with Gasteiger partial charge in [-0.3, -0.25) is 0 Å². The molecule has 1 aliphatic rings. The van der Waals surface area contributed by atoms with E-state index in [1.807, 2.05) is 0 Å². The van der Waals surface area contributed by atoms with Crippen molar-refractivity contribution in [1.29, 1.82) is 0 Å². The zero-order chi connectivity index (χ0) is 15.3. The van der Waals surface area contributed by atoms with Gasteiger partial charge in [-0.05, 0) is 12.8 Å². The summed E-state index contributed by atoms with van der Waals surface area (Å²) in [6.07, 6.45) is 8.62. The molecule has 1 aliphatic heterocycles. The van der Waals surface area contributed by atoms with Crippen molar-refractivity contribution in [2.45, 2.75) is 45.4 Å². The summed E-state index contributed by atoms with van der Waals surface area (Å²) >= 11 is 0. The Labute approximate surface area is 110 Å². The summed E-state index contributed by atoms with van der Waals surface area (Å²) < 4.78 is 60.6. The van der Waals surface area contributed by atoms with Crippen LogP contribution in [0.25, 0.3) is 0 Å². The van der Waals surface area contributed by atoms with Crippen LogP contribution in [0.15, 0.2) is 0 Å². The second kappa shape index (κ2) is 5.76. The minimum atomic E-state index is -10.7. The number of halogens is 6. The first-order chi connectivity index (χ1) is 8.22. The number of likely N-dealkylation sites (tertiary alicyclic amines) is 1. The van der Waals surface area contributed by atoms with Crippen LogP contribution in [0, 0.1) is 0 Å². The quantitative estimate of drug-likeness (QED) is 0.246. The number of nitrogens with zero attached hydrogens (tertiary/aromatic N) is 1. The summed E-state index contributed by atoms with van der Waals surface area (Å²) in [5.74, 6) is 0. The Morgan fingerprint density at radius 1 is 0.842 bits per heavy atom. The molecule has 1 fully saturated rings. The summed E-state index contributed by atoms with van der Waals surface area (Å²) in [5.41, 5.74) is 0. The fourth-order valence-corrected chi connectivity index (χ4v) is 2.24. The molecule has 1 saturated heterocycles. The van der Waals surface area contributed by atoms with Crippen molar-refractivity contribution in [3.8, 4) is 0 Å². The van der Waals surface area contributed by atoms with Crippen LogP contribution in [0.4, 0.5) is 25.2 Å². The van der Waals surface area contributed by atoms with Gasteiger partial charge in [0.1, 0.15) is 0 Å². The normalized spacial score (nSPS) is 22.1. The van der Waals surface area contributed by atoms with Gasteiger partial charge in [-0.1, -0.05) is 19.8 Å². The van der Waals surface area contributed by atoms with E-state index in [0.717, 1.165) is 0 Å². The van der Waals surface area contributed by atoms with E-state index in [4.69, 9.17) is 0 Å². The molecule has 19 heavy (non-hydrogen) atoms. The second-order valence-electron chi connectivity index (χ2n) is 5.52. The van der Waals surface area contributed by atoms with Crippen LogP contribution in [0.5, 0.6) is 0 Å². The van der Waals surface area contributed by atoms with Crippen molar-refractivity contribution in [1.82, 2.24) is 0 Å². The molecule has 1 rings (SSSR count). The molecule has 0 spiro atoms. The van der Waals surface area contributed by atoms with Gasteiger partial charge >= 0.3 is 33.0 Å². The number of rotatable bonds is 5. The average Bonchev–Trinajstić information content (AvgIpc) is 2.55. The minimum absolute atomic E-state index is 1.36. The van der Waals surface area contributed by atoms with E-state index in [1.165, 1.54) is 62.6 Å². The van der Waals surface area contributed by atoms with Crippen molar-refractivity contribution in [2.75, 3.05) is 26.7 Å². The number of hydrogen-bond acceptors (Lipinski definition) is 0. The monoisotopic (exact) mass is 315 g/mol. The Bertz CT molecular complexity index is 255. The van der Waals surface area contributed by atoms with E-state index >= 15 is 0 Å². The van der Waals surface area contributed by atoms with Gasteiger partial charge in [-0.2, -0.15) is 0 Å². The van der Waals surface area contributed by atoms with E-state index in [0.29, 0.717) is 0 Å². The van der Waals surface area contributed by atoms with Crippen LogP contribution in [0.1, 0.15) is 45.4 Å². The molecule has 0 aromatic heterocycles. The van der Waals surface area contributed by atoms with Crippen molar-refractivity contribution in [3.05, 3.63) is 0 Å². The van der Waals surface area contributed by atoms with E-state index in [2.05, 4.69) is 14.0 Å². The Hall–Kier alpha value is -0.0300. The number of unbranched alkanes of at least 4 members (excludes halogenated alkanes) is 3. The molecule has 0 unspecified atom stereocenters. The maximum atomic E-state index is 9.87. The van der Waals surface area contributed by atoms with Crippen LogP contribution in [-0.4, -0.2) is 31.2 Å². The molecule has 0 amide bonds. The first kappa shape index (κ1) is 19.0. The fourth-order valence-electron chi connectivity index (χ4n) is 2.24. The van der Waals surface area contributed by atoms with Crippen LogP contribution >= 0.6 is 7.81 Å². The third-order valence-electron chi connectivity index (χ3n) is 3.20. The predicted octanol–water partition coefficient (Wildman–Crippen LogP) is 6.19. The third-order valence-corrected chi connectivity index (χ3v) is 3.20. The SMILES string of the molecule is CCCCCC[N+]1(C)CCCC1.F[P-](F)(F)(F)(F)F. The predicted molar refractivity (Wildman–Crippen MR) is 67.7 cm³/mol. The summed E-state index contributed by atoms with van der Waals surface area (Å²) in [4.78, 5) is 0. The molecular weight excluding hydrogens is 291 g/mol. The van der Waals surface area contributed by atoms with Crippen LogP contribution < -0.4 is 0 Å². The first-order valence-electron chi connectivity index (χ1n) is 6.62. The van der Waals surface area contributed by atoms with Gasteiger partial charge < -0.3 is 4.48 Å². The number of hydrogen-bond donors (Lipinski definition) is 0. The van der Waals surface area contributed by atoms with Gasteiger partial charge in [-0.25, -0.2) is 0 Å². The van der Waals surface area contributed by atoms with Crippen molar-refractivity contribution < 1.29 is 29.7 Å². The van der Waals surface area contributed by atoms with Gasteiger partial charge in [-0.15, -0.1) is 0 Å². The molecule has 1 heterocycles. The van der Waals surface area contributed by atoms with Crippen molar-refractivity contribution in [3.63, 3.8) is 0 Å². The summed E-state index contributed by atoms with van der Waals surface area (Å²) in [7, 11) is -8.23. The van der Waals surface area contributed by atoms with Crippen LogP contribution in [-0.2, 0) is 0 Å². The van der Waals surface area contributed by atoms with E-state index in [1.54, 1.807) is 0 Å². The maximum absolute atomic E-state index is 10.7. The molecule has 0 N–H and O–H groups in total. The first-order valence-corrected chi connectivity index (χ1v) is 8.65. The van der Waals surface area contributed by atoms with Crippen molar-refractivity contribution in [2.24, 2.45) is 0 Å². The Morgan fingerprint density at radius 3 is 1.63 bits per heavy atom. The molecule has 120 valence electrons. The molecule has 1 nitrogen and oxygen atoms in total. The van der Waals surface area contributed by atoms with Gasteiger partial charge in [0.15, 0.2) is 0 Å². The average molecular weight is 315 g/mol. The second-order valence-corrected chi connectivity index (χ2v) is 7.43. The topological polar surface area (TPSA) is 0 Å². The van der Waals surface area contributed by atoms with Gasteiger partial charge in [0.05, 0.1) is 26.7 Å². The Balaban J connectivity index is 0.000000399. The van der Waals surface area contributed by atoms with Gasteiger partial charge in [0.2, 0.25) is 0 Å². The molecule has 0 aromatic carbocycles. The third kappa shape index (κ3) is 18.0. The van der Waals surface area contributed by atoms with Crippen LogP contribution in [0.3, 0.4) is 0 Å². The molecule has 0 bridgehead atoms. The van der Waals surface area contributed by atoms with E-state index < -0.39 is 7.81 Å². The Morgan fingerprint density at radius 2 is 1.26 bits per heavy atom. The molecule has 0 aliphatic carbocycles. The molecule has 0 atom stereocenters. The molecule has 8 heteroatoms. The zero-order valence-corrected chi connectivity index (χ0v) is 12.4. The molecule has 0 aromatic rings. The Kier molecular flexibility index (Phi) is 5.75. The van der Waals surface area contributed by atoms with Crippen molar-refractivity contribution >= 4 is 7.81 Å². The molecule has 0 saturated carbocycles. The zero-order valence-electron chi connectivity index (χ0n) is 11.5. The van der Waals surface area contributed by atoms with Gasteiger partial charge in [0, 0.05) is 12.8 Å². The fraction of sp³-hybridized carbons (Fsp3) is 1.00. The summed E-state index contributed by atoms with van der Waals surface area (Å²) in [6.45, 7) is 6.59. The van der Waals surface area contributed by atoms with E-state index in [-0.39, 0.29) is 0 Å². The number of quaternary nitrogens is 1. The molecular formula is C11H24F6NP. The van der Waals surface area contributed by atoms with Gasteiger partial charge in [0.25, 0.3) is 0 Å². The summed E-state index contributed by atoms with van der Waals surface area (Å²) in [5, 5.41) is 0.